The molecule has 0 aliphatic carbocycles. The van der Waals surface area contributed by atoms with Gasteiger partial charge in [-0.05, 0) is 43.9 Å². The lowest BCUT2D eigenvalue weighted by atomic mass is 10.0. The van der Waals surface area contributed by atoms with Crippen molar-refractivity contribution in [3.8, 4) is 0 Å². The third-order valence-corrected chi connectivity index (χ3v) is 3.45. The maximum atomic E-state index is 8.72. The highest BCUT2D eigenvalue weighted by Gasteiger charge is 2.13. The van der Waals surface area contributed by atoms with Gasteiger partial charge in [-0.3, -0.25) is 4.90 Å². The number of nitrogens with zero attached hydrogens (tertiary/aromatic N) is 2. The minimum atomic E-state index is 0.155. The molecule has 0 aliphatic rings. The normalized spacial score (nSPS) is 12.7. The van der Waals surface area contributed by atoms with Crippen LogP contribution in [0.15, 0.2) is 23.4 Å². The molecule has 0 saturated carbocycles. The number of aryl methyl sites for hydroxylation is 1. The predicted octanol–water partition coefficient (Wildman–Crippen LogP) is 2.96. The molecule has 0 aromatic heterocycles. The predicted molar refractivity (Wildman–Crippen MR) is 84.1 cm³/mol. The zero-order chi connectivity index (χ0) is 15.3. The zero-order valence-electron chi connectivity index (χ0n) is 13.2. The van der Waals surface area contributed by atoms with Crippen molar-refractivity contribution in [3.63, 3.8) is 0 Å². The van der Waals surface area contributed by atoms with E-state index in [0.717, 1.165) is 18.7 Å². The summed E-state index contributed by atoms with van der Waals surface area (Å²) in [5.74, 6) is 0.802. The lowest BCUT2D eigenvalue weighted by molar-refractivity contribution is 0.189. The van der Waals surface area contributed by atoms with Crippen molar-refractivity contribution >= 4 is 5.84 Å². The highest BCUT2D eigenvalue weighted by molar-refractivity contribution is 5.97. The minimum Gasteiger partial charge on any atom is -0.409 e. The van der Waals surface area contributed by atoms with Crippen LogP contribution in [0.4, 0.5) is 0 Å². The van der Waals surface area contributed by atoms with E-state index in [1.54, 1.807) is 0 Å². The van der Waals surface area contributed by atoms with Gasteiger partial charge >= 0.3 is 0 Å². The van der Waals surface area contributed by atoms with Crippen molar-refractivity contribution in [1.82, 2.24) is 4.90 Å². The Hall–Kier alpha value is -1.55. The quantitative estimate of drug-likeness (QED) is 0.364. The molecule has 1 aromatic carbocycles. The van der Waals surface area contributed by atoms with Crippen LogP contribution in [-0.2, 0) is 6.54 Å². The maximum absolute atomic E-state index is 8.72. The average Bonchev–Trinajstić information content (AvgIpc) is 2.38. The molecule has 0 fully saturated rings. The first-order chi connectivity index (χ1) is 9.35. The number of benzene rings is 1. The second-order valence-electron chi connectivity index (χ2n) is 6.04. The molecule has 0 unspecified atom stereocenters. The van der Waals surface area contributed by atoms with E-state index in [1.807, 2.05) is 12.1 Å². The van der Waals surface area contributed by atoms with Crippen LogP contribution in [0.5, 0.6) is 0 Å². The first kappa shape index (κ1) is 16.5. The molecule has 4 nitrogen and oxygen atoms in total. The van der Waals surface area contributed by atoms with E-state index in [2.05, 4.69) is 50.7 Å². The molecule has 0 spiro atoms. The van der Waals surface area contributed by atoms with Gasteiger partial charge in [0.05, 0.1) is 0 Å². The summed E-state index contributed by atoms with van der Waals surface area (Å²) in [6.07, 6.45) is 0. The van der Waals surface area contributed by atoms with Crippen LogP contribution in [0.1, 0.15) is 44.4 Å². The van der Waals surface area contributed by atoms with Crippen molar-refractivity contribution < 1.29 is 5.21 Å². The number of hydrogen-bond acceptors (Lipinski definition) is 3. The van der Waals surface area contributed by atoms with E-state index < -0.39 is 0 Å². The highest BCUT2D eigenvalue weighted by Crippen LogP contribution is 2.16. The summed E-state index contributed by atoms with van der Waals surface area (Å²) in [5, 5.41) is 11.8. The van der Waals surface area contributed by atoms with Crippen molar-refractivity contribution in [2.45, 2.75) is 47.2 Å². The van der Waals surface area contributed by atoms with Gasteiger partial charge in [-0.2, -0.15) is 0 Å². The fourth-order valence-corrected chi connectivity index (χ4v) is 2.24. The monoisotopic (exact) mass is 277 g/mol. The second kappa shape index (κ2) is 7.29. The summed E-state index contributed by atoms with van der Waals surface area (Å²) in [5.41, 5.74) is 8.83. The van der Waals surface area contributed by atoms with Gasteiger partial charge in [-0.15, -0.1) is 0 Å². The third kappa shape index (κ3) is 4.53. The Labute approximate surface area is 122 Å². The molecule has 3 N–H and O–H groups in total. The largest absolute Gasteiger partial charge is 0.409 e. The van der Waals surface area contributed by atoms with E-state index in [-0.39, 0.29) is 5.84 Å². The van der Waals surface area contributed by atoms with Crippen LogP contribution in [0, 0.1) is 12.8 Å². The standard InChI is InChI=1S/C16H27N3O/c1-11(2)9-19(12(3)4)10-15-7-6-14(8-13(15)5)16(17)18-20/h6-8,11-12,20H,9-10H2,1-5H3,(H2,17,18). The number of hydrogen-bond donors (Lipinski definition) is 2. The molecule has 20 heavy (non-hydrogen) atoms. The Balaban J connectivity index is 2.91. The molecule has 0 aliphatic heterocycles. The summed E-state index contributed by atoms with van der Waals surface area (Å²) in [4.78, 5) is 2.47. The van der Waals surface area contributed by atoms with E-state index in [0.29, 0.717) is 12.0 Å². The Bertz CT molecular complexity index is 467. The lowest BCUT2D eigenvalue weighted by Gasteiger charge is -2.29. The van der Waals surface area contributed by atoms with Crippen molar-refractivity contribution in [2.24, 2.45) is 16.8 Å². The Kier molecular flexibility index (Phi) is 6.02. The first-order valence-corrected chi connectivity index (χ1v) is 7.16. The maximum Gasteiger partial charge on any atom is 0.170 e. The molecular formula is C16H27N3O. The fraction of sp³-hybridized carbons (Fsp3) is 0.562. The van der Waals surface area contributed by atoms with Gasteiger partial charge in [0.1, 0.15) is 0 Å². The van der Waals surface area contributed by atoms with Crippen LogP contribution in [0.2, 0.25) is 0 Å². The van der Waals surface area contributed by atoms with Gasteiger partial charge in [-0.25, -0.2) is 0 Å². The van der Waals surface area contributed by atoms with Crippen LogP contribution in [-0.4, -0.2) is 28.5 Å². The Morgan fingerprint density at radius 2 is 1.95 bits per heavy atom. The van der Waals surface area contributed by atoms with Crippen molar-refractivity contribution in [1.29, 1.82) is 0 Å². The molecule has 0 heterocycles. The summed E-state index contributed by atoms with van der Waals surface area (Å²) in [6.45, 7) is 13.0. The Morgan fingerprint density at radius 1 is 1.30 bits per heavy atom. The van der Waals surface area contributed by atoms with E-state index in [4.69, 9.17) is 10.9 Å². The van der Waals surface area contributed by atoms with Crippen molar-refractivity contribution in [2.75, 3.05) is 6.54 Å². The molecule has 0 amide bonds. The lowest BCUT2D eigenvalue weighted by Crippen LogP contribution is -2.33. The van der Waals surface area contributed by atoms with E-state index >= 15 is 0 Å². The summed E-state index contributed by atoms with van der Waals surface area (Å²) >= 11 is 0. The molecule has 0 atom stereocenters. The molecule has 1 rings (SSSR count). The highest BCUT2D eigenvalue weighted by atomic mass is 16.4. The topological polar surface area (TPSA) is 61.9 Å². The van der Waals surface area contributed by atoms with Crippen LogP contribution in [0.3, 0.4) is 0 Å². The van der Waals surface area contributed by atoms with Gasteiger partial charge in [0.15, 0.2) is 5.84 Å². The molecule has 0 bridgehead atoms. The van der Waals surface area contributed by atoms with Gasteiger partial charge in [0.25, 0.3) is 0 Å². The molecule has 0 saturated heterocycles. The number of nitrogens with two attached hydrogens (primary N) is 1. The smallest absolute Gasteiger partial charge is 0.170 e. The van der Waals surface area contributed by atoms with Gasteiger partial charge in [0.2, 0.25) is 0 Å². The van der Waals surface area contributed by atoms with Crippen LogP contribution >= 0.6 is 0 Å². The molecule has 112 valence electrons. The molecule has 4 heteroatoms. The average molecular weight is 277 g/mol. The fourth-order valence-electron chi connectivity index (χ4n) is 2.24. The SMILES string of the molecule is Cc1cc(/C(N)=N/O)ccc1CN(CC(C)C)C(C)C. The zero-order valence-corrected chi connectivity index (χ0v) is 13.2. The first-order valence-electron chi connectivity index (χ1n) is 7.16. The number of oxime groups is 1. The van der Waals surface area contributed by atoms with Crippen LogP contribution < -0.4 is 5.73 Å². The van der Waals surface area contributed by atoms with Crippen molar-refractivity contribution in [3.05, 3.63) is 34.9 Å². The van der Waals surface area contributed by atoms with Gasteiger partial charge in [0, 0.05) is 24.7 Å². The molecule has 1 aromatic rings. The van der Waals surface area contributed by atoms with Crippen LogP contribution in [0.25, 0.3) is 0 Å². The van der Waals surface area contributed by atoms with Gasteiger partial charge < -0.3 is 10.9 Å². The molecular weight excluding hydrogens is 250 g/mol. The van der Waals surface area contributed by atoms with E-state index in [9.17, 15) is 0 Å². The third-order valence-electron chi connectivity index (χ3n) is 3.45. The second-order valence-corrected chi connectivity index (χ2v) is 6.04. The number of rotatable bonds is 6. The number of amidine groups is 1. The van der Waals surface area contributed by atoms with E-state index in [1.165, 1.54) is 11.1 Å². The van der Waals surface area contributed by atoms with Gasteiger partial charge in [-0.1, -0.05) is 31.1 Å². The molecule has 0 radical (unpaired) electrons. The summed E-state index contributed by atoms with van der Waals surface area (Å²) in [6, 6.07) is 6.46. The summed E-state index contributed by atoms with van der Waals surface area (Å²) in [7, 11) is 0. The minimum absolute atomic E-state index is 0.155. The summed E-state index contributed by atoms with van der Waals surface area (Å²) < 4.78 is 0. The Morgan fingerprint density at radius 3 is 2.40 bits per heavy atom.